The highest BCUT2D eigenvalue weighted by Gasteiger charge is 2.27. The summed E-state index contributed by atoms with van der Waals surface area (Å²) >= 11 is 0. The minimum absolute atomic E-state index is 0.174. The highest BCUT2D eigenvalue weighted by atomic mass is 16.3. The molecular formula is C38H30N4O. The topological polar surface area (TPSA) is 61.6 Å². The lowest BCUT2D eigenvalue weighted by Gasteiger charge is -2.32. The average molecular weight is 559 g/mol. The molecule has 2 aliphatic rings. The molecule has 2 aliphatic heterocycles. The van der Waals surface area contributed by atoms with Gasteiger partial charge in [-0.3, -0.25) is 5.32 Å². The van der Waals surface area contributed by atoms with E-state index in [1.165, 1.54) is 5.56 Å². The second-order valence-corrected chi connectivity index (χ2v) is 10.9. The zero-order valence-corrected chi connectivity index (χ0v) is 23.4. The summed E-state index contributed by atoms with van der Waals surface area (Å²) in [7, 11) is 0. The number of rotatable bonds is 5. The number of aliphatic imine (C=N–C) groups is 1. The van der Waals surface area contributed by atoms with E-state index in [1.807, 2.05) is 36.5 Å². The van der Waals surface area contributed by atoms with Gasteiger partial charge in [0.2, 0.25) is 0 Å². The number of nitrogens with one attached hydrogen (secondary N) is 3. The fraction of sp³-hybridized carbons (Fsp3) is 0.0789. The highest BCUT2D eigenvalue weighted by Crippen LogP contribution is 2.37. The van der Waals surface area contributed by atoms with Crippen molar-refractivity contribution in [3.63, 3.8) is 0 Å². The highest BCUT2D eigenvalue weighted by molar-refractivity contribution is 6.08. The van der Waals surface area contributed by atoms with Crippen LogP contribution in [0.2, 0.25) is 0 Å². The molecule has 208 valence electrons. The molecule has 0 spiro atoms. The molecule has 3 atom stereocenters. The number of nitrogens with zero attached hydrogens (tertiary/aromatic N) is 1. The second-order valence-electron chi connectivity index (χ2n) is 10.9. The number of amidine groups is 1. The van der Waals surface area contributed by atoms with Crippen LogP contribution in [0.3, 0.4) is 0 Å². The summed E-state index contributed by atoms with van der Waals surface area (Å²) in [6, 6.07) is 42.5. The van der Waals surface area contributed by atoms with E-state index in [1.54, 1.807) is 0 Å². The van der Waals surface area contributed by atoms with Crippen LogP contribution in [0.15, 0.2) is 155 Å². The van der Waals surface area contributed by atoms with Gasteiger partial charge in [-0.2, -0.15) is 0 Å². The molecule has 0 saturated carbocycles. The summed E-state index contributed by atoms with van der Waals surface area (Å²) in [6.07, 6.45) is 7.87. The van der Waals surface area contributed by atoms with E-state index in [4.69, 9.17) is 9.41 Å². The Bertz CT molecular complexity index is 2010. The Hall–Kier alpha value is -5.39. The predicted molar refractivity (Wildman–Crippen MR) is 174 cm³/mol. The van der Waals surface area contributed by atoms with E-state index in [0.717, 1.165) is 55.6 Å². The molecule has 8 rings (SSSR count). The number of dihydropyridines is 1. The third-order valence-corrected chi connectivity index (χ3v) is 8.26. The van der Waals surface area contributed by atoms with Gasteiger partial charge in [-0.05, 0) is 52.7 Å². The Morgan fingerprint density at radius 1 is 0.628 bits per heavy atom. The van der Waals surface area contributed by atoms with Crippen LogP contribution in [-0.2, 0) is 0 Å². The molecule has 0 aliphatic carbocycles. The van der Waals surface area contributed by atoms with Gasteiger partial charge in [0.05, 0.1) is 6.04 Å². The molecule has 3 unspecified atom stereocenters. The number of fused-ring (bicyclic) bond motifs is 3. The molecule has 5 heteroatoms. The molecule has 0 fully saturated rings. The fourth-order valence-corrected chi connectivity index (χ4v) is 6.08. The summed E-state index contributed by atoms with van der Waals surface area (Å²) in [5.41, 5.74) is 8.56. The molecule has 5 nitrogen and oxygen atoms in total. The lowest BCUT2D eigenvalue weighted by atomic mass is 9.98. The van der Waals surface area contributed by atoms with Gasteiger partial charge in [-0.1, -0.05) is 115 Å². The van der Waals surface area contributed by atoms with Crippen LogP contribution in [-0.4, -0.2) is 5.84 Å². The number of hydrogen-bond donors (Lipinski definition) is 3. The van der Waals surface area contributed by atoms with Crippen molar-refractivity contribution < 1.29 is 4.42 Å². The molecule has 3 heterocycles. The van der Waals surface area contributed by atoms with Crippen LogP contribution in [0.4, 0.5) is 0 Å². The van der Waals surface area contributed by atoms with Gasteiger partial charge in [-0.25, -0.2) is 4.99 Å². The third kappa shape index (κ3) is 4.80. The lowest BCUT2D eigenvalue weighted by molar-refractivity contribution is 0.411. The molecule has 5 aromatic carbocycles. The molecule has 0 radical (unpaired) electrons. The lowest BCUT2D eigenvalue weighted by Crippen LogP contribution is -2.45. The minimum atomic E-state index is -0.194. The van der Waals surface area contributed by atoms with E-state index < -0.39 is 0 Å². The Balaban J connectivity index is 1.16. The van der Waals surface area contributed by atoms with Crippen molar-refractivity contribution in [2.75, 3.05) is 0 Å². The predicted octanol–water partition coefficient (Wildman–Crippen LogP) is 8.30. The molecule has 0 bridgehead atoms. The number of furan rings is 1. The summed E-state index contributed by atoms with van der Waals surface area (Å²) < 4.78 is 6.48. The standard InChI is InChI=1S/C38H30N4O/c1-3-10-27(11-4-1)36-40-37(28-12-5-2-6-13-28)42-38(41-36)31-14-9-16-33-35(31)30-22-21-29(24-34(30)43-33)25-17-19-26(20-18-25)32-15-7-8-23-39-32/h1-24,32,36,38-39,41H,(H,40,42). The average Bonchev–Trinajstić information content (AvgIpc) is 3.47. The first-order valence-corrected chi connectivity index (χ1v) is 14.7. The van der Waals surface area contributed by atoms with Crippen molar-refractivity contribution in [1.82, 2.24) is 16.0 Å². The van der Waals surface area contributed by atoms with E-state index in [2.05, 4.69) is 125 Å². The van der Waals surface area contributed by atoms with Gasteiger partial charge in [-0.15, -0.1) is 0 Å². The monoisotopic (exact) mass is 558 g/mol. The fourth-order valence-electron chi connectivity index (χ4n) is 6.08. The quantitative estimate of drug-likeness (QED) is 0.199. The zero-order chi connectivity index (χ0) is 28.6. The van der Waals surface area contributed by atoms with E-state index in [0.29, 0.717) is 0 Å². The first kappa shape index (κ1) is 25.3. The Kier molecular flexibility index (Phi) is 6.35. The molecule has 3 N–H and O–H groups in total. The molecule has 0 amide bonds. The smallest absolute Gasteiger partial charge is 0.136 e. The summed E-state index contributed by atoms with van der Waals surface area (Å²) in [6.45, 7) is 0. The van der Waals surface area contributed by atoms with Crippen molar-refractivity contribution in [1.29, 1.82) is 0 Å². The van der Waals surface area contributed by atoms with Crippen LogP contribution in [0, 0.1) is 0 Å². The maximum atomic E-state index is 6.48. The van der Waals surface area contributed by atoms with Gasteiger partial charge >= 0.3 is 0 Å². The van der Waals surface area contributed by atoms with Crippen molar-refractivity contribution in [2.24, 2.45) is 4.99 Å². The Labute approximate surface area is 250 Å². The maximum absolute atomic E-state index is 6.48. The molecular weight excluding hydrogens is 528 g/mol. The van der Waals surface area contributed by atoms with Crippen LogP contribution < -0.4 is 16.0 Å². The van der Waals surface area contributed by atoms with Crippen molar-refractivity contribution in [2.45, 2.75) is 18.4 Å². The van der Waals surface area contributed by atoms with E-state index in [9.17, 15) is 0 Å². The Morgan fingerprint density at radius 2 is 1.42 bits per heavy atom. The zero-order valence-electron chi connectivity index (χ0n) is 23.4. The SMILES string of the molecule is C1=CNC(c2ccc(-c3ccc4c(c3)oc3cccc(C5NC(c6ccccc6)=NC(c6ccccc6)N5)c34)cc2)C=C1. The van der Waals surface area contributed by atoms with Gasteiger partial charge in [0.1, 0.15) is 29.3 Å². The maximum Gasteiger partial charge on any atom is 0.136 e. The number of hydrogen-bond acceptors (Lipinski definition) is 5. The first-order chi connectivity index (χ1) is 21.3. The molecule has 1 aromatic heterocycles. The van der Waals surface area contributed by atoms with Gasteiger partial charge in [0.25, 0.3) is 0 Å². The van der Waals surface area contributed by atoms with Gasteiger partial charge in [0, 0.05) is 21.9 Å². The van der Waals surface area contributed by atoms with Crippen molar-refractivity contribution >= 4 is 27.8 Å². The Morgan fingerprint density at radius 3 is 2.21 bits per heavy atom. The summed E-state index contributed by atoms with van der Waals surface area (Å²) in [5, 5.41) is 13.0. The molecule has 43 heavy (non-hydrogen) atoms. The van der Waals surface area contributed by atoms with Crippen LogP contribution in [0.25, 0.3) is 33.1 Å². The van der Waals surface area contributed by atoms with Crippen LogP contribution >= 0.6 is 0 Å². The van der Waals surface area contributed by atoms with E-state index >= 15 is 0 Å². The molecule has 0 saturated heterocycles. The summed E-state index contributed by atoms with van der Waals surface area (Å²) in [4.78, 5) is 5.07. The van der Waals surface area contributed by atoms with Crippen molar-refractivity contribution in [3.8, 4) is 11.1 Å². The van der Waals surface area contributed by atoms with E-state index in [-0.39, 0.29) is 18.4 Å². The first-order valence-electron chi connectivity index (χ1n) is 14.7. The van der Waals surface area contributed by atoms with Crippen molar-refractivity contribution in [3.05, 3.63) is 168 Å². The summed E-state index contributed by atoms with van der Waals surface area (Å²) in [5.74, 6) is 0.865. The largest absolute Gasteiger partial charge is 0.456 e. The van der Waals surface area contributed by atoms with Crippen LogP contribution in [0.1, 0.15) is 40.6 Å². The molecule has 6 aromatic rings. The van der Waals surface area contributed by atoms with Gasteiger partial charge < -0.3 is 15.1 Å². The van der Waals surface area contributed by atoms with Gasteiger partial charge in [0.15, 0.2) is 0 Å². The normalized spacial score (nSPS) is 19.6. The van der Waals surface area contributed by atoms with Crippen LogP contribution in [0.5, 0.6) is 0 Å². The second kappa shape index (κ2) is 10.8. The minimum Gasteiger partial charge on any atom is -0.456 e. The number of benzene rings is 5. The third-order valence-electron chi connectivity index (χ3n) is 8.26. The number of allylic oxidation sites excluding steroid dienone is 2.